The Hall–Kier alpha value is -3.97. The summed E-state index contributed by atoms with van der Waals surface area (Å²) in [6, 6.07) is 25.8. The molecule has 0 saturated heterocycles. The summed E-state index contributed by atoms with van der Waals surface area (Å²) in [5, 5.41) is 9.53. The number of hydrogen-bond donors (Lipinski definition) is 0. The van der Waals surface area contributed by atoms with E-state index in [1.807, 2.05) is 97.3 Å². The number of carbonyl (C=O) groups excluding carboxylic acids is 1. The van der Waals surface area contributed by atoms with Gasteiger partial charge in [0.25, 0.3) is 0 Å². The third kappa shape index (κ3) is 4.18. The van der Waals surface area contributed by atoms with Crippen molar-refractivity contribution in [2.75, 3.05) is 5.75 Å². The minimum atomic E-state index is 0.0633. The fourth-order valence-corrected chi connectivity index (χ4v) is 4.92. The smallest absolute Gasteiger partial charge is 0.196 e. The maximum atomic E-state index is 13.3. The largest absolute Gasteiger partial charge is 0.318 e. The van der Waals surface area contributed by atoms with Gasteiger partial charge in [0.05, 0.1) is 5.75 Å². The van der Waals surface area contributed by atoms with E-state index in [1.54, 1.807) is 12.4 Å². The van der Waals surface area contributed by atoms with Gasteiger partial charge in [0.2, 0.25) is 0 Å². The van der Waals surface area contributed by atoms with Crippen molar-refractivity contribution in [3.8, 4) is 22.8 Å². The summed E-state index contributed by atoms with van der Waals surface area (Å²) < 4.78 is 4.10. The van der Waals surface area contributed by atoms with E-state index in [9.17, 15) is 4.79 Å². The molecule has 5 aromatic rings. The number of ketones is 1. The lowest BCUT2D eigenvalue weighted by Gasteiger charge is -2.10. The number of nitrogens with zero attached hydrogens (tertiary/aromatic N) is 5. The lowest BCUT2D eigenvalue weighted by atomic mass is 10.2. The van der Waals surface area contributed by atoms with Gasteiger partial charge in [-0.15, -0.1) is 10.2 Å². The second kappa shape index (κ2) is 9.49. The molecule has 0 amide bonds. The average molecular weight is 466 g/mol. The first-order valence-corrected chi connectivity index (χ1v) is 11.9. The number of rotatable bonds is 7. The lowest BCUT2D eigenvalue weighted by molar-refractivity contribution is 0.102. The minimum absolute atomic E-state index is 0.0633. The number of aromatic nitrogens is 5. The summed E-state index contributed by atoms with van der Waals surface area (Å²) in [7, 11) is 0. The highest BCUT2D eigenvalue weighted by Crippen LogP contribution is 2.29. The number of para-hydroxylation sites is 2. The van der Waals surface area contributed by atoms with E-state index in [2.05, 4.69) is 19.7 Å². The van der Waals surface area contributed by atoms with Gasteiger partial charge in [0.1, 0.15) is 0 Å². The highest BCUT2D eigenvalue weighted by atomic mass is 32.2. The Balaban J connectivity index is 1.44. The summed E-state index contributed by atoms with van der Waals surface area (Å²) in [6.45, 7) is 4.02. The molecule has 0 N–H and O–H groups in total. The zero-order chi connectivity index (χ0) is 23.5. The summed E-state index contributed by atoms with van der Waals surface area (Å²) in [5.74, 6) is 1.04. The number of aryl methyl sites for hydroxylation is 1. The third-order valence-corrected chi connectivity index (χ3v) is 6.59. The van der Waals surface area contributed by atoms with E-state index in [0.29, 0.717) is 11.0 Å². The van der Waals surface area contributed by atoms with Gasteiger partial charge in [0, 0.05) is 46.3 Å². The quantitative estimate of drug-likeness (QED) is 0.227. The second-order valence-electron chi connectivity index (χ2n) is 7.88. The Labute approximate surface area is 202 Å². The fraction of sp³-hybridized carbons (Fsp3) is 0.111. The molecule has 0 fully saturated rings. The Bertz CT molecular complexity index is 1430. The highest BCUT2D eigenvalue weighted by molar-refractivity contribution is 7.99. The number of benzene rings is 2. The van der Waals surface area contributed by atoms with Crippen LogP contribution < -0.4 is 0 Å². The molecule has 168 valence electrons. The molecule has 0 aliphatic rings. The molecule has 0 radical (unpaired) electrons. The lowest BCUT2D eigenvalue weighted by Crippen LogP contribution is -2.07. The van der Waals surface area contributed by atoms with Gasteiger partial charge in [0.15, 0.2) is 16.8 Å². The van der Waals surface area contributed by atoms with Crippen LogP contribution >= 0.6 is 11.8 Å². The zero-order valence-electron chi connectivity index (χ0n) is 18.9. The van der Waals surface area contributed by atoms with E-state index >= 15 is 0 Å². The molecule has 34 heavy (non-hydrogen) atoms. The minimum Gasteiger partial charge on any atom is -0.318 e. The summed E-state index contributed by atoms with van der Waals surface area (Å²) in [5.41, 5.74) is 5.61. The van der Waals surface area contributed by atoms with E-state index in [4.69, 9.17) is 0 Å². The molecule has 6 nitrogen and oxygen atoms in total. The molecule has 0 aliphatic carbocycles. The Morgan fingerprint density at radius 1 is 0.824 bits per heavy atom. The van der Waals surface area contributed by atoms with Crippen LogP contribution in [0.2, 0.25) is 0 Å². The van der Waals surface area contributed by atoms with Crippen molar-refractivity contribution in [3.63, 3.8) is 0 Å². The van der Waals surface area contributed by atoms with Crippen molar-refractivity contribution < 1.29 is 4.79 Å². The predicted molar refractivity (Wildman–Crippen MR) is 135 cm³/mol. The number of hydrogen-bond acceptors (Lipinski definition) is 5. The molecule has 3 aromatic heterocycles. The first kappa shape index (κ1) is 21.9. The maximum Gasteiger partial charge on any atom is 0.196 e. The monoisotopic (exact) mass is 465 g/mol. The molecular weight excluding hydrogens is 442 g/mol. The summed E-state index contributed by atoms with van der Waals surface area (Å²) in [6.07, 6.45) is 3.47. The number of Topliss-reactive ketones (excluding diaryl/α,β-unsaturated/α-hetero) is 1. The SMILES string of the molecule is Cc1cc(C(=O)CSc2nnc(-c3ccncc3)n2-c2ccccc2)c(C)n1-c1ccccc1. The van der Waals surface area contributed by atoms with Crippen molar-refractivity contribution in [1.82, 2.24) is 24.3 Å². The van der Waals surface area contributed by atoms with Crippen LogP contribution in [0.25, 0.3) is 22.8 Å². The second-order valence-corrected chi connectivity index (χ2v) is 8.82. The van der Waals surface area contributed by atoms with Crippen LogP contribution in [0.4, 0.5) is 0 Å². The van der Waals surface area contributed by atoms with Gasteiger partial charge in [-0.3, -0.25) is 14.3 Å². The average Bonchev–Trinajstić information content (AvgIpc) is 3.44. The van der Waals surface area contributed by atoms with Crippen molar-refractivity contribution in [2.24, 2.45) is 0 Å². The van der Waals surface area contributed by atoms with E-state index in [0.717, 1.165) is 33.9 Å². The molecule has 5 rings (SSSR count). The first-order valence-electron chi connectivity index (χ1n) is 10.9. The molecule has 0 saturated carbocycles. The van der Waals surface area contributed by atoms with Crippen molar-refractivity contribution in [1.29, 1.82) is 0 Å². The maximum absolute atomic E-state index is 13.3. The van der Waals surface area contributed by atoms with Crippen LogP contribution in [0.15, 0.2) is 96.4 Å². The van der Waals surface area contributed by atoms with Crippen LogP contribution in [0.3, 0.4) is 0 Å². The molecule has 0 atom stereocenters. The van der Waals surface area contributed by atoms with E-state index in [1.165, 1.54) is 11.8 Å². The van der Waals surface area contributed by atoms with Crippen LogP contribution in [0, 0.1) is 13.8 Å². The Kier molecular flexibility index (Phi) is 6.10. The van der Waals surface area contributed by atoms with Crippen LogP contribution in [0.1, 0.15) is 21.7 Å². The topological polar surface area (TPSA) is 65.6 Å². The van der Waals surface area contributed by atoms with Crippen molar-refractivity contribution in [2.45, 2.75) is 19.0 Å². The zero-order valence-corrected chi connectivity index (χ0v) is 19.7. The molecule has 0 bridgehead atoms. The first-order chi connectivity index (χ1) is 16.6. The Morgan fingerprint density at radius 2 is 1.44 bits per heavy atom. The van der Waals surface area contributed by atoms with E-state index < -0.39 is 0 Å². The van der Waals surface area contributed by atoms with Crippen LogP contribution in [-0.4, -0.2) is 35.9 Å². The van der Waals surface area contributed by atoms with Crippen LogP contribution in [0.5, 0.6) is 0 Å². The van der Waals surface area contributed by atoms with Gasteiger partial charge in [-0.1, -0.05) is 48.2 Å². The van der Waals surface area contributed by atoms with E-state index in [-0.39, 0.29) is 11.5 Å². The molecule has 0 spiro atoms. The Morgan fingerprint density at radius 3 is 2.09 bits per heavy atom. The van der Waals surface area contributed by atoms with Gasteiger partial charge in [-0.2, -0.15) is 0 Å². The molecule has 7 heteroatoms. The summed E-state index contributed by atoms with van der Waals surface area (Å²) >= 11 is 1.39. The predicted octanol–water partition coefficient (Wildman–Crippen LogP) is 5.71. The molecular formula is C27H23N5OS. The normalized spacial score (nSPS) is 11.0. The van der Waals surface area contributed by atoms with Gasteiger partial charge >= 0.3 is 0 Å². The van der Waals surface area contributed by atoms with Gasteiger partial charge < -0.3 is 4.57 Å². The van der Waals surface area contributed by atoms with Gasteiger partial charge in [-0.05, 0) is 56.3 Å². The standard InChI is InChI=1S/C27H23N5OS/c1-19-17-24(20(2)31(19)22-9-5-3-6-10-22)25(33)18-34-27-30-29-26(21-13-15-28-16-14-21)32(27)23-11-7-4-8-12-23/h3-17H,18H2,1-2H3. The number of thioether (sulfide) groups is 1. The molecule has 0 unspecified atom stereocenters. The third-order valence-electron chi connectivity index (χ3n) is 5.66. The highest BCUT2D eigenvalue weighted by Gasteiger charge is 2.20. The molecule has 3 heterocycles. The summed E-state index contributed by atoms with van der Waals surface area (Å²) in [4.78, 5) is 17.4. The van der Waals surface area contributed by atoms with Crippen molar-refractivity contribution in [3.05, 3.63) is 108 Å². The van der Waals surface area contributed by atoms with Crippen molar-refractivity contribution >= 4 is 17.5 Å². The number of pyridine rings is 1. The van der Waals surface area contributed by atoms with Gasteiger partial charge in [-0.25, -0.2) is 0 Å². The molecule has 0 aliphatic heterocycles. The molecule has 2 aromatic carbocycles. The van der Waals surface area contributed by atoms with Crippen LogP contribution in [-0.2, 0) is 0 Å². The number of carbonyl (C=O) groups is 1. The fourth-order valence-electron chi connectivity index (χ4n) is 4.09.